The number of amides is 1. The minimum Gasteiger partial charge on any atom is -0.493 e. The van der Waals surface area contributed by atoms with Gasteiger partial charge in [0.2, 0.25) is 0 Å². The second-order valence-electron chi connectivity index (χ2n) is 9.77. The van der Waals surface area contributed by atoms with E-state index in [1.807, 2.05) is 67.4 Å². The second-order valence-corrected chi connectivity index (χ2v) is 12.1. The molecule has 212 valence electrons. The lowest BCUT2D eigenvalue weighted by atomic mass is 9.93. The van der Waals surface area contributed by atoms with Gasteiger partial charge in [0, 0.05) is 17.7 Å². The molecule has 0 saturated carbocycles. The van der Waals surface area contributed by atoms with Gasteiger partial charge in [-0.25, -0.2) is 4.79 Å². The Labute approximate surface area is 245 Å². The average molecular weight is 580 g/mol. The summed E-state index contributed by atoms with van der Waals surface area (Å²) in [5, 5.41) is 12.4. The average Bonchev–Trinajstić information content (AvgIpc) is 3.43. The van der Waals surface area contributed by atoms with Crippen molar-refractivity contribution < 1.29 is 24.2 Å². The first-order valence-electron chi connectivity index (χ1n) is 13.6. The van der Waals surface area contributed by atoms with Crippen LogP contribution in [0, 0.1) is 6.92 Å². The molecular weight excluding hydrogens is 542 g/mol. The Balaban J connectivity index is 1.60. The van der Waals surface area contributed by atoms with Crippen LogP contribution in [0.1, 0.15) is 52.1 Å². The monoisotopic (exact) mass is 579 g/mol. The van der Waals surface area contributed by atoms with Crippen LogP contribution >= 0.6 is 23.5 Å². The lowest BCUT2D eigenvalue weighted by Gasteiger charge is -2.20. The molecule has 8 heteroatoms. The number of nitrogens with one attached hydrogen (secondary N) is 1. The molecule has 1 aliphatic rings. The van der Waals surface area contributed by atoms with Crippen molar-refractivity contribution in [1.82, 2.24) is 5.32 Å². The molecule has 0 radical (unpaired) electrons. The molecule has 0 unspecified atom stereocenters. The zero-order chi connectivity index (χ0) is 28.5. The van der Waals surface area contributed by atoms with Crippen LogP contribution in [0.3, 0.4) is 0 Å². The molecule has 1 heterocycles. The van der Waals surface area contributed by atoms with E-state index in [1.54, 1.807) is 17.8 Å². The Morgan fingerprint density at radius 3 is 2.67 bits per heavy atom. The van der Waals surface area contributed by atoms with Gasteiger partial charge in [-0.15, -0.1) is 0 Å². The van der Waals surface area contributed by atoms with E-state index in [4.69, 9.17) is 9.47 Å². The maximum atomic E-state index is 13.4. The predicted molar refractivity (Wildman–Crippen MR) is 165 cm³/mol. The SMILES string of the molecule is CCSC[C@H](OCc1ccc(C(=O)N[C@@H](CCSC)C(=O)O)c(-c2ccccc2C)c1)c1ccc2c(c1)CCO2. The maximum Gasteiger partial charge on any atom is 0.326 e. The minimum absolute atomic E-state index is 0.0755. The Bertz CT molecular complexity index is 1330. The number of carbonyl (C=O) groups excluding carboxylic acids is 1. The normalized spacial score (nSPS) is 13.8. The fourth-order valence-electron chi connectivity index (χ4n) is 4.78. The summed E-state index contributed by atoms with van der Waals surface area (Å²) in [6, 6.07) is 19.0. The summed E-state index contributed by atoms with van der Waals surface area (Å²) in [5.74, 6) is 2.03. The number of rotatable bonds is 14. The highest BCUT2D eigenvalue weighted by Gasteiger charge is 2.23. The number of hydrogen-bond acceptors (Lipinski definition) is 6. The third-order valence-electron chi connectivity index (χ3n) is 6.99. The van der Waals surface area contributed by atoms with Gasteiger partial charge < -0.3 is 19.9 Å². The van der Waals surface area contributed by atoms with Crippen molar-refractivity contribution >= 4 is 35.4 Å². The highest BCUT2D eigenvalue weighted by Crippen LogP contribution is 2.33. The van der Waals surface area contributed by atoms with Crippen LogP contribution in [-0.2, 0) is 22.6 Å². The molecule has 3 aromatic rings. The number of aliphatic carboxylic acids is 1. The lowest BCUT2D eigenvalue weighted by molar-refractivity contribution is -0.139. The van der Waals surface area contributed by atoms with E-state index in [0.29, 0.717) is 24.3 Å². The van der Waals surface area contributed by atoms with E-state index < -0.39 is 17.9 Å². The summed E-state index contributed by atoms with van der Waals surface area (Å²) in [5.41, 5.74) is 6.49. The fourth-order valence-corrected chi connectivity index (χ4v) is 5.99. The van der Waals surface area contributed by atoms with Gasteiger partial charge in [0.15, 0.2) is 0 Å². The molecule has 2 N–H and O–H groups in total. The first kappa shape index (κ1) is 30.0. The summed E-state index contributed by atoms with van der Waals surface area (Å²) in [4.78, 5) is 25.2. The first-order valence-corrected chi connectivity index (χ1v) is 16.1. The predicted octanol–water partition coefficient (Wildman–Crippen LogP) is 6.54. The number of thioether (sulfide) groups is 2. The first-order chi connectivity index (χ1) is 19.4. The van der Waals surface area contributed by atoms with Crippen LogP contribution in [0.15, 0.2) is 60.7 Å². The summed E-state index contributed by atoms with van der Waals surface area (Å²) in [6.07, 6.45) is 3.12. The number of aryl methyl sites for hydroxylation is 1. The molecule has 2 atom stereocenters. The third-order valence-corrected chi connectivity index (χ3v) is 8.58. The molecule has 0 saturated heterocycles. The van der Waals surface area contributed by atoms with Gasteiger partial charge in [0.25, 0.3) is 5.91 Å². The molecule has 0 aromatic heterocycles. The molecular formula is C32H37NO5S2. The Morgan fingerprint density at radius 2 is 1.93 bits per heavy atom. The number of hydrogen-bond donors (Lipinski definition) is 2. The van der Waals surface area contributed by atoms with Crippen LogP contribution in [0.2, 0.25) is 0 Å². The largest absolute Gasteiger partial charge is 0.493 e. The Morgan fingerprint density at radius 1 is 1.10 bits per heavy atom. The Kier molecular flexibility index (Phi) is 11.0. The zero-order valence-electron chi connectivity index (χ0n) is 23.3. The quantitative estimate of drug-likeness (QED) is 0.224. The minimum atomic E-state index is -1.03. The van der Waals surface area contributed by atoms with Gasteiger partial charge in [0.05, 0.1) is 19.3 Å². The summed E-state index contributed by atoms with van der Waals surface area (Å²) in [7, 11) is 0. The van der Waals surface area contributed by atoms with Crippen LogP contribution in [0.4, 0.5) is 0 Å². The Hall–Kier alpha value is -2.94. The lowest BCUT2D eigenvalue weighted by Crippen LogP contribution is -2.41. The van der Waals surface area contributed by atoms with E-state index in [-0.39, 0.29) is 6.10 Å². The molecule has 4 rings (SSSR count). The number of benzene rings is 3. The molecule has 1 amide bonds. The fraction of sp³-hybridized carbons (Fsp3) is 0.375. The molecule has 6 nitrogen and oxygen atoms in total. The third kappa shape index (κ3) is 7.62. The van der Waals surface area contributed by atoms with E-state index in [9.17, 15) is 14.7 Å². The van der Waals surface area contributed by atoms with Crippen molar-refractivity contribution in [1.29, 1.82) is 0 Å². The molecule has 40 heavy (non-hydrogen) atoms. The van der Waals surface area contributed by atoms with Crippen molar-refractivity contribution in [3.05, 3.63) is 88.5 Å². The van der Waals surface area contributed by atoms with E-state index in [0.717, 1.165) is 58.1 Å². The number of carbonyl (C=O) groups is 2. The van der Waals surface area contributed by atoms with Gasteiger partial charge in [-0.1, -0.05) is 43.3 Å². The molecule has 0 spiro atoms. The standard InChI is InChI=1S/C32H37NO5S2/c1-4-40-20-30(23-10-12-29-24(18-23)13-15-37-29)38-19-22-9-11-26(27(17-22)25-8-6-5-7-21(25)2)31(34)33-28(32(35)36)14-16-39-3/h5-12,17-18,28,30H,4,13-16,19-20H2,1-3H3,(H,33,34)(H,35,36)/t28-,30-/m0/s1. The number of ether oxygens (including phenoxy) is 2. The second kappa shape index (κ2) is 14.6. The van der Waals surface area contributed by atoms with Gasteiger partial charge in [-0.05, 0) is 88.8 Å². The summed E-state index contributed by atoms with van der Waals surface area (Å²) in [6.45, 7) is 5.26. The molecule has 1 aliphatic heterocycles. The summed E-state index contributed by atoms with van der Waals surface area (Å²) >= 11 is 3.40. The van der Waals surface area contributed by atoms with Crippen molar-refractivity contribution in [2.75, 3.05) is 30.1 Å². The van der Waals surface area contributed by atoms with E-state index >= 15 is 0 Å². The highest BCUT2D eigenvalue weighted by molar-refractivity contribution is 7.99. The van der Waals surface area contributed by atoms with E-state index in [1.165, 1.54) is 5.56 Å². The van der Waals surface area contributed by atoms with Crippen molar-refractivity contribution in [3.63, 3.8) is 0 Å². The number of carboxylic acid groups (broad SMARTS) is 1. The van der Waals surface area contributed by atoms with Crippen molar-refractivity contribution in [2.45, 2.75) is 45.4 Å². The van der Waals surface area contributed by atoms with Crippen LogP contribution < -0.4 is 10.1 Å². The molecule has 0 bridgehead atoms. The van der Waals surface area contributed by atoms with Crippen molar-refractivity contribution in [3.8, 4) is 16.9 Å². The zero-order valence-corrected chi connectivity index (χ0v) is 24.9. The van der Waals surface area contributed by atoms with Crippen LogP contribution in [0.25, 0.3) is 11.1 Å². The van der Waals surface area contributed by atoms with Crippen molar-refractivity contribution in [2.24, 2.45) is 0 Å². The number of carboxylic acids is 1. The molecule has 0 aliphatic carbocycles. The number of fused-ring (bicyclic) bond motifs is 1. The maximum absolute atomic E-state index is 13.4. The van der Waals surface area contributed by atoms with Gasteiger partial charge in [0.1, 0.15) is 11.8 Å². The summed E-state index contributed by atoms with van der Waals surface area (Å²) < 4.78 is 12.2. The topological polar surface area (TPSA) is 84.9 Å². The van der Waals surface area contributed by atoms with Crippen LogP contribution in [-0.4, -0.2) is 53.1 Å². The molecule has 0 fully saturated rings. The van der Waals surface area contributed by atoms with Crippen LogP contribution in [0.5, 0.6) is 5.75 Å². The van der Waals surface area contributed by atoms with Gasteiger partial charge >= 0.3 is 5.97 Å². The smallest absolute Gasteiger partial charge is 0.326 e. The van der Waals surface area contributed by atoms with Gasteiger partial charge in [-0.3, -0.25) is 4.79 Å². The van der Waals surface area contributed by atoms with Gasteiger partial charge in [-0.2, -0.15) is 23.5 Å². The van der Waals surface area contributed by atoms with E-state index in [2.05, 4.69) is 24.4 Å². The molecule has 3 aromatic carbocycles. The highest BCUT2D eigenvalue weighted by atomic mass is 32.2.